The van der Waals surface area contributed by atoms with Crippen LogP contribution in [-0.4, -0.2) is 41.8 Å². The zero-order valence-electron chi connectivity index (χ0n) is 12.7. The van der Waals surface area contributed by atoms with Gasteiger partial charge in [0.15, 0.2) is 0 Å². The summed E-state index contributed by atoms with van der Waals surface area (Å²) in [6.07, 6.45) is 2.87. The van der Waals surface area contributed by atoms with Crippen molar-refractivity contribution in [1.82, 2.24) is 5.32 Å². The van der Waals surface area contributed by atoms with Crippen molar-refractivity contribution in [2.75, 3.05) is 6.54 Å². The first kappa shape index (κ1) is 16.2. The Morgan fingerprint density at radius 3 is 2.11 bits per heavy atom. The minimum absolute atomic E-state index is 0.393. The van der Waals surface area contributed by atoms with Gasteiger partial charge in [0, 0.05) is 18.2 Å². The molecule has 0 spiro atoms. The molecule has 6 heteroatoms. The van der Waals surface area contributed by atoms with Gasteiger partial charge in [-0.05, 0) is 47.7 Å². The topological polar surface area (TPSA) is 74.6 Å². The van der Waals surface area contributed by atoms with Crippen molar-refractivity contribution in [2.24, 2.45) is 0 Å². The van der Waals surface area contributed by atoms with Crippen LogP contribution in [0.25, 0.3) is 0 Å². The highest BCUT2D eigenvalue weighted by molar-refractivity contribution is 6.60. The van der Waals surface area contributed by atoms with Crippen molar-refractivity contribution in [3.05, 3.63) is 11.7 Å². The van der Waals surface area contributed by atoms with Crippen LogP contribution in [0.15, 0.2) is 11.7 Å². The lowest BCUT2D eigenvalue weighted by atomic mass is 9.79. The fraction of sp³-hybridized carbons (Fsp3) is 0.769. The lowest BCUT2D eigenvalue weighted by Crippen LogP contribution is -2.41. The molecule has 0 aromatic rings. The Morgan fingerprint density at radius 2 is 1.74 bits per heavy atom. The van der Waals surface area contributed by atoms with Gasteiger partial charge in [-0.3, -0.25) is 0 Å². The number of hydrogen-bond acceptors (Lipinski definition) is 5. The van der Waals surface area contributed by atoms with Crippen molar-refractivity contribution in [1.29, 1.82) is 5.41 Å². The lowest BCUT2D eigenvalue weighted by molar-refractivity contribution is 0.00578. The number of nitrogens with one attached hydrogen (secondary N) is 2. The van der Waals surface area contributed by atoms with Gasteiger partial charge in [0.1, 0.15) is 0 Å². The SMILES string of the molecule is CC(C)(O)CN/C=C(\C=N)B1OC(C)(C)C(C)(C)O1. The van der Waals surface area contributed by atoms with E-state index < -0.39 is 23.9 Å². The van der Waals surface area contributed by atoms with Gasteiger partial charge in [0.25, 0.3) is 0 Å². The maximum Gasteiger partial charge on any atom is 0.497 e. The van der Waals surface area contributed by atoms with Crippen LogP contribution in [0.4, 0.5) is 0 Å². The fourth-order valence-corrected chi connectivity index (χ4v) is 1.58. The molecule has 0 atom stereocenters. The van der Waals surface area contributed by atoms with E-state index in [0.717, 1.165) is 0 Å². The second-order valence-electron chi connectivity index (χ2n) is 6.57. The first-order chi connectivity index (χ1) is 8.48. The minimum atomic E-state index is -0.806. The molecular formula is C13H25BN2O3. The van der Waals surface area contributed by atoms with E-state index in [2.05, 4.69) is 5.32 Å². The van der Waals surface area contributed by atoms with E-state index >= 15 is 0 Å². The molecule has 1 aliphatic rings. The maximum absolute atomic E-state index is 9.62. The van der Waals surface area contributed by atoms with Gasteiger partial charge in [-0.25, -0.2) is 0 Å². The highest BCUT2D eigenvalue weighted by Crippen LogP contribution is 2.38. The summed E-state index contributed by atoms with van der Waals surface area (Å²) in [7, 11) is -0.559. The fourth-order valence-electron chi connectivity index (χ4n) is 1.58. The van der Waals surface area contributed by atoms with Crippen LogP contribution in [0.1, 0.15) is 41.5 Å². The molecule has 3 N–H and O–H groups in total. The molecule has 1 rings (SSSR count). The van der Waals surface area contributed by atoms with Crippen LogP contribution in [0.3, 0.4) is 0 Å². The molecule has 1 saturated heterocycles. The lowest BCUT2D eigenvalue weighted by Gasteiger charge is -2.32. The van der Waals surface area contributed by atoms with Gasteiger partial charge in [0.05, 0.1) is 16.8 Å². The molecule has 0 aromatic heterocycles. The van der Waals surface area contributed by atoms with E-state index in [-0.39, 0.29) is 0 Å². The summed E-state index contributed by atoms with van der Waals surface area (Å²) in [6.45, 7) is 11.7. The van der Waals surface area contributed by atoms with Crippen LogP contribution >= 0.6 is 0 Å². The van der Waals surface area contributed by atoms with E-state index in [1.807, 2.05) is 27.7 Å². The minimum Gasteiger partial charge on any atom is -0.399 e. The van der Waals surface area contributed by atoms with Crippen LogP contribution in [-0.2, 0) is 9.31 Å². The van der Waals surface area contributed by atoms with Crippen LogP contribution < -0.4 is 5.32 Å². The Bertz CT molecular complexity index is 357. The standard InChI is InChI=1S/C13H25BN2O3/c1-11(2,17)9-16-8-10(7-15)14-18-12(3,4)13(5,6)19-14/h7-8,15-17H,9H2,1-6H3/b10-8+,15-7?. The molecule has 0 amide bonds. The van der Waals surface area contributed by atoms with E-state index in [9.17, 15) is 5.11 Å². The molecular weight excluding hydrogens is 243 g/mol. The molecule has 1 heterocycles. The monoisotopic (exact) mass is 268 g/mol. The number of hydrogen-bond donors (Lipinski definition) is 3. The van der Waals surface area contributed by atoms with Crippen molar-refractivity contribution < 1.29 is 14.4 Å². The van der Waals surface area contributed by atoms with Gasteiger partial charge in [-0.1, -0.05) is 0 Å². The molecule has 0 unspecified atom stereocenters. The van der Waals surface area contributed by atoms with E-state index in [0.29, 0.717) is 12.0 Å². The van der Waals surface area contributed by atoms with E-state index in [4.69, 9.17) is 14.7 Å². The van der Waals surface area contributed by atoms with Gasteiger partial charge >= 0.3 is 7.12 Å². The van der Waals surface area contributed by atoms with Crippen LogP contribution in [0.5, 0.6) is 0 Å². The van der Waals surface area contributed by atoms with Crippen molar-refractivity contribution in [3.63, 3.8) is 0 Å². The first-order valence-corrected chi connectivity index (χ1v) is 6.50. The Kier molecular flexibility index (Phi) is 4.49. The summed E-state index contributed by atoms with van der Waals surface area (Å²) >= 11 is 0. The third-order valence-corrected chi connectivity index (χ3v) is 3.50. The summed E-state index contributed by atoms with van der Waals surface area (Å²) in [5.74, 6) is 0. The third-order valence-electron chi connectivity index (χ3n) is 3.50. The highest BCUT2D eigenvalue weighted by Gasteiger charge is 2.52. The molecule has 0 aliphatic carbocycles. The smallest absolute Gasteiger partial charge is 0.399 e. The summed E-state index contributed by atoms with van der Waals surface area (Å²) < 4.78 is 11.7. The third kappa shape index (κ3) is 4.06. The second kappa shape index (κ2) is 5.27. The van der Waals surface area contributed by atoms with Gasteiger partial charge in [0.2, 0.25) is 0 Å². The molecule has 108 valence electrons. The number of allylic oxidation sites excluding steroid dienone is 1. The average Bonchev–Trinajstić information content (AvgIpc) is 2.41. The number of rotatable bonds is 5. The second-order valence-corrected chi connectivity index (χ2v) is 6.57. The zero-order valence-corrected chi connectivity index (χ0v) is 12.7. The van der Waals surface area contributed by atoms with E-state index in [1.54, 1.807) is 20.0 Å². The molecule has 0 aromatic carbocycles. The van der Waals surface area contributed by atoms with Crippen molar-refractivity contribution in [3.8, 4) is 0 Å². The summed E-state index contributed by atoms with van der Waals surface area (Å²) in [5.41, 5.74) is -1.05. The van der Waals surface area contributed by atoms with Crippen LogP contribution in [0.2, 0.25) is 0 Å². The molecule has 0 bridgehead atoms. The molecule has 0 radical (unpaired) electrons. The van der Waals surface area contributed by atoms with Crippen LogP contribution in [0, 0.1) is 5.41 Å². The average molecular weight is 268 g/mol. The Morgan fingerprint density at radius 1 is 1.26 bits per heavy atom. The first-order valence-electron chi connectivity index (χ1n) is 6.50. The quantitative estimate of drug-likeness (QED) is 0.522. The number of aliphatic hydroxyl groups is 1. The van der Waals surface area contributed by atoms with Gasteiger partial charge in [-0.2, -0.15) is 0 Å². The molecule has 1 fully saturated rings. The predicted octanol–water partition coefficient (Wildman–Crippen LogP) is 1.51. The molecule has 0 saturated carbocycles. The Hall–Kier alpha value is -0.845. The van der Waals surface area contributed by atoms with Gasteiger partial charge in [-0.15, -0.1) is 0 Å². The highest BCUT2D eigenvalue weighted by atomic mass is 16.7. The Balaban J connectivity index is 2.73. The predicted molar refractivity (Wildman–Crippen MR) is 77.2 cm³/mol. The normalized spacial score (nSPS) is 22.5. The Labute approximate surface area is 116 Å². The van der Waals surface area contributed by atoms with Crippen molar-refractivity contribution >= 4 is 13.3 Å². The summed E-state index contributed by atoms with van der Waals surface area (Å²) in [6, 6.07) is 0. The zero-order chi connectivity index (χ0) is 14.9. The largest absolute Gasteiger partial charge is 0.497 e. The van der Waals surface area contributed by atoms with Crippen molar-refractivity contribution in [2.45, 2.75) is 58.3 Å². The molecule has 19 heavy (non-hydrogen) atoms. The summed E-state index contributed by atoms with van der Waals surface area (Å²) in [5, 5.41) is 20.1. The molecule has 5 nitrogen and oxygen atoms in total. The summed E-state index contributed by atoms with van der Waals surface area (Å²) in [4.78, 5) is 0. The maximum atomic E-state index is 9.62. The molecule has 1 aliphatic heterocycles. The van der Waals surface area contributed by atoms with E-state index in [1.165, 1.54) is 6.21 Å². The van der Waals surface area contributed by atoms with Gasteiger partial charge < -0.3 is 25.1 Å².